The van der Waals surface area contributed by atoms with Crippen LogP contribution in [0.4, 0.5) is 5.69 Å². The van der Waals surface area contributed by atoms with Gasteiger partial charge in [0.15, 0.2) is 0 Å². The summed E-state index contributed by atoms with van der Waals surface area (Å²) in [5, 5.41) is 7.93. The second-order valence-electron chi connectivity index (χ2n) is 7.14. The SMILES string of the molecule is CCc1cccc(CC)c1NC(=O)c1cc(-c2ccccc2)nn1-c1ccccc1. The number of para-hydroxylation sites is 2. The third-order valence-electron chi connectivity index (χ3n) is 5.25. The summed E-state index contributed by atoms with van der Waals surface area (Å²) in [6, 6.07) is 27.7. The van der Waals surface area contributed by atoms with Crippen molar-refractivity contribution in [3.63, 3.8) is 0 Å². The Bertz CT molecular complexity index is 1130. The van der Waals surface area contributed by atoms with Crippen LogP contribution in [-0.2, 0) is 12.8 Å². The predicted octanol–water partition coefficient (Wildman–Crippen LogP) is 5.92. The molecule has 3 aromatic carbocycles. The van der Waals surface area contributed by atoms with E-state index in [1.54, 1.807) is 4.68 Å². The summed E-state index contributed by atoms with van der Waals surface area (Å²) in [5.74, 6) is -0.163. The van der Waals surface area contributed by atoms with E-state index in [-0.39, 0.29) is 5.91 Å². The fourth-order valence-electron chi connectivity index (χ4n) is 3.64. The highest BCUT2D eigenvalue weighted by molar-refractivity contribution is 6.05. The minimum atomic E-state index is -0.163. The van der Waals surface area contributed by atoms with Crippen LogP contribution in [0.3, 0.4) is 0 Å². The summed E-state index contributed by atoms with van der Waals surface area (Å²) in [5.41, 5.74) is 6.29. The molecule has 1 amide bonds. The molecule has 0 saturated heterocycles. The summed E-state index contributed by atoms with van der Waals surface area (Å²) in [6.07, 6.45) is 1.72. The molecular formula is C26H25N3O. The van der Waals surface area contributed by atoms with Gasteiger partial charge < -0.3 is 5.32 Å². The Balaban J connectivity index is 1.78. The molecule has 0 atom stereocenters. The van der Waals surface area contributed by atoms with E-state index in [0.717, 1.165) is 46.6 Å². The molecule has 150 valence electrons. The summed E-state index contributed by atoms with van der Waals surface area (Å²) >= 11 is 0. The Labute approximate surface area is 177 Å². The number of hydrogen-bond acceptors (Lipinski definition) is 2. The standard InChI is InChI=1S/C26H25N3O/c1-3-19-14-11-15-20(4-2)25(19)27-26(30)24-18-23(21-12-7-5-8-13-21)28-29(24)22-16-9-6-10-17-22/h5-18H,3-4H2,1-2H3,(H,27,30). The lowest BCUT2D eigenvalue weighted by Crippen LogP contribution is -2.18. The van der Waals surface area contributed by atoms with Crippen LogP contribution in [0.2, 0.25) is 0 Å². The second kappa shape index (κ2) is 8.78. The van der Waals surface area contributed by atoms with Crippen molar-refractivity contribution in [2.75, 3.05) is 5.32 Å². The average molecular weight is 396 g/mol. The number of nitrogens with one attached hydrogen (secondary N) is 1. The molecule has 0 aliphatic heterocycles. The lowest BCUT2D eigenvalue weighted by molar-refractivity contribution is 0.101. The molecule has 4 aromatic rings. The van der Waals surface area contributed by atoms with E-state index in [4.69, 9.17) is 5.10 Å². The van der Waals surface area contributed by atoms with Crippen molar-refractivity contribution >= 4 is 11.6 Å². The fraction of sp³-hybridized carbons (Fsp3) is 0.154. The van der Waals surface area contributed by atoms with Gasteiger partial charge in [0.05, 0.1) is 11.4 Å². The van der Waals surface area contributed by atoms with Crippen LogP contribution >= 0.6 is 0 Å². The number of aromatic nitrogens is 2. The van der Waals surface area contributed by atoms with Crippen molar-refractivity contribution < 1.29 is 4.79 Å². The molecule has 4 heteroatoms. The molecule has 0 bridgehead atoms. The molecular weight excluding hydrogens is 370 g/mol. The highest BCUT2D eigenvalue weighted by Gasteiger charge is 2.19. The van der Waals surface area contributed by atoms with Crippen LogP contribution in [-0.4, -0.2) is 15.7 Å². The normalized spacial score (nSPS) is 10.7. The molecule has 1 aromatic heterocycles. The molecule has 0 unspecified atom stereocenters. The Morgan fingerprint density at radius 1 is 0.833 bits per heavy atom. The third kappa shape index (κ3) is 3.90. The Morgan fingerprint density at radius 2 is 1.43 bits per heavy atom. The fourth-order valence-corrected chi connectivity index (χ4v) is 3.64. The molecule has 0 aliphatic carbocycles. The summed E-state index contributed by atoms with van der Waals surface area (Å²) in [7, 11) is 0. The monoisotopic (exact) mass is 395 g/mol. The zero-order chi connectivity index (χ0) is 20.9. The minimum Gasteiger partial charge on any atom is -0.320 e. The van der Waals surface area contributed by atoms with Gasteiger partial charge in [-0.3, -0.25) is 4.79 Å². The maximum atomic E-state index is 13.4. The third-order valence-corrected chi connectivity index (χ3v) is 5.25. The highest BCUT2D eigenvalue weighted by Crippen LogP contribution is 2.26. The second-order valence-corrected chi connectivity index (χ2v) is 7.14. The molecule has 4 rings (SSSR count). The van der Waals surface area contributed by atoms with E-state index in [1.807, 2.05) is 66.7 Å². The molecule has 1 heterocycles. The number of nitrogens with zero attached hydrogens (tertiary/aromatic N) is 2. The Morgan fingerprint density at radius 3 is 2.03 bits per heavy atom. The van der Waals surface area contributed by atoms with E-state index in [2.05, 4.69) is 37.4 Å². The molecule has 0 fully saturated rings. The van der Waals surface area contributed by atoms with Crippen molar-refractivity contribution in [2.24, 2.45) is 0 Å². The van der Waals surface area contributed by atoms with E-state index < -0.39 is 0 Å². The first-order valence-electron chi connectivity index (χ1n) is 10.3. The van der Waals surface area contributed by atoms with Crippen molar-refractivity contribution in [3.05, 3.63) is 102 Å². The maximum Gasteiger partial charge on any atom is 0.274 e. The number of carbonyl (C=O) groups is 1. The molecule has 0 spiro atoms. The van der Waals surface area contributed by atoms with Gasteiger partial charge in [-0.05, 0) is 42.2 Å². The van der Waals surface area contributed by atoms with Crippen LogP contribution in [0.15, 0.2) is 84.9 Å². The largest absolute Gasteiger partial charge is 0.320 e. The summed E-state index contributed by atoms with van der Waals surface area (Å²) in [6.45, 7) is 4.21. The number of aryl methyl sites for hydroxylation is 2. The van der Waals surface area contributed by atoms with Gasteiger partial charge in [0.25, 0.3) is 5.91 Å². The lowest BCUT2D eigenvalue weighted by Gasteiger charge is -2.15. The van der Waals surface area contributed by atoms with Gasteiger partial charge in [0.2, 0.25) is 0 Å². The number of carbonyl (C=O) groups excluding carboxylic acids is 1. The lowest BCUT2D eigenvalue weighted by atomic mass is 10.0. The maximum absolute atomic E-state index is 13.4. The average Bonchev–Trinajstić information content (AvgIpc) is 3.26. The molecule has 30 heavy (non-hydrogen) atoms. The van der Waals surface area contributed by atoms with Gasteiger partial charge in [-0.2, -0.15) is 5.10 Å². The van der Waals surface area contributed by atoms with Crippen LogP contribution in [0.5, 0.6) is 0 Å². The molecule has 1 N–H and O–H groups in total. The number of benzene rings is 3. The zero-order valence-corrected chi connectivity index (χ0v) is 17.3. The van der Waals surface area contributed by atoms with Crippen LogP contribution in [0.1, 0.15) is 35.5 Å². The smallest absolute Gasteiger partial charge is 0.274 e. The van der Waals surface area contributed by atoms with Crippen LogP contribution < -0.4 is 5.32 Å². The van der Waals surface area contributed by atoms with Crippen molar-refractivity contribution in [1.29, 1.82) is 0 Å². The first-order chi connectivity index (χ1) is 14.7. The Hall–Kier alpha value is -3.66. The zero-order valence-electron chi connectivity index (χ0n) is 17.3. The molecule has 0 aliphatic rings. The van der Waals surface area contributed by atoms with Gasteiger partial charge in [0, 0.05) is 11.3 Å². The van der Waals surface area contributed by atoms with E-state index in [1.165, 1.54) is 0 Å². The van der Waals surface area contributed by atoms with Gasteiger partial charge in [-0.15, -0.1) is 0 Å². The van der Waals surface area contributed by atoms with Gasteiger partial charge >= 0.3 is 0 Å². The van der Waals surface area contributed by atoms with Crippen molar-refractivity contribution in [1.82, 2.24) is 9.78 Å². The van der Waals surface area contributed by atoms with Gasteiger partial charge in [-0.1, -0.05) is 80.6 Å². The van der Waals surface area contributed by atoms with E-state index in [0.29, 0.717) is 5.69 Å². The minimum absolute atomic E-state index is 0.163. The summed E-state index contributed by atoms with van der Waals surface area (Å²) in [4.78, 5) is 13.4. The van der Waals surface area contributed by atoms with Crippen molar-refractivity contribution in [2.45, 2.75) is 26.7 Å². The Kier molecular flexibility index (Phi) is 5.75. The summed E-state index contributed by atoms with van der Waals surface area (Å²) < 4.78 is 1.72. The number of amides is 1. The van der Waals surface area contributed by atoms with Gasteiger partial charge in [0.1, 0.15) is 5.69 Å². The topological polar surface area (TPSA) is 46.9 Å². The number of anilines is 1. The molecule has 4 nitrogen and oxygen atoms in total. The first kappa shape index (κ1) is 19.6. The van der Waals surface area contributed by atoms with Crippen LogP contribution in [0.25, 0.3) is 16.9 Å². The van der Waals surface area contributed by atoms with E-state index in [9.17, 15) is 4.79 Å². The van der Waals surface area contributed by atoms with Crippen LogP contribution in [0, 0.1) is 0 Å². The number of rotatable bonds is 6. The van der Waals surface area contributed by atoms with E-state index >= 15 is 0 Å². The molecule has 0 radical (unpaired) electrons. The molecule has 0 saturated carbocycles. The predicted molar refractivity (Wildman–Crippen MR) is 122 cm³/mol. The van der Waals surface area contributed by atoms with Crippen molar-refractivity contribution in [3.8, 4) is 16.9 Å². The first-order valence-corrected chi connectivity index (χ1v) is 10.3. The van der Waals surface area contributed by atoms with Gasteiger partial charge in [-0.25, -0.2) is 4.68 Å². The highest BCUT2D eigenvalue weighted by atomic mass is 16.2. The number of hydrogen-bond donors (Lipinski definition) is 1. The quantitative estimate of drug-likeness (QED) is 0.441.